The lowest BCUT2D eigenvalue weighted by molar-refractivity contribution is 0.102. The van der Waals surface area contributed by atoms with E-state index in [1.807, 2.05) is 51.1 Å². The molecule has 5 nitrogen and oxygen atoms in total. The topological polar surface area (TPSA) is 60.7 Å². The minimum absolute atomic E-state index is 0.108. The Bertz CT molecular complexity index is 853. The molecule has 0 bridgehead atoms. The molecule has 0 saturated carbocycles. The third kappa shape index (κ3) is 3.35. The quantitative estimate of drug-likeness (QED) is 0.522. The molecule has 2 heterocycles. The highest BCUT2D eigenvalue weighted by molar-refractivity contribution is 7.99. The largest absolute Gasteiger partial charge is 0.293 e. The lowest BCUT2D eigenvalue weighted by atomic mass is 10.2. The van der Waals surface area contributed by atoms with Crippen molar-refractivity contribution in [1.82, 2.24) is 20.2 Å². The molecule has 0 aliphatic rings. The highest BCUT2D eigenvalue weighted by Gasteiger charge is 2.16. The first kappa shape index (κ1) is 15.9. The van der Waals surface area contributed by atoms with E-state index in [0.717, 1.165) is 26.6 Å². The number of benzene rings is 1. The average molecular weight is 344 g/mol. The Kier molecular flexibility index (Phi) is 4.58. The summed E-state index contributed by atoms with van der Waals surface area (Å²) in [6, 6.07) is 9.84. The van der Waals surface area contributed by atoms with Crippen LogP contribution in [0, 0.1) is 20.8 Å². The molecule has 0 N–H and O–H groups in total. The lowest BCUT2D eigenvalue weighted by Gasteiger charge is -2.06. The fourth-order valence-corrected chi connectivity index (χ4v) is 4.05. The van der Waals surface area contributed by atoms with Crippen molar-refractivity contribution in [3.63, 3.8) is 0 Å². The van der Waals surface area contributed by atoms with Gasteiger partial charge in [0, 0.05) is 15.3 Å². The first-order valence-electron chi connectivity index (χ1n) is 7.13. The number of hydrogen-bond acceptors (Lipinski definition) is 6. The molecule has 0 atom stereocenters. The van der Waals surface area contributed by atoms with E-state index in [9.17, 15) is 4.79 Å². The van der Waals surface area contributed by atoms with Gasteiger partial charge in [0.1, 0.15) is 0 Å². The predicted molar refractivity (Wildman–Crippen MR) is 92.7 cm³/mol. The molecule has 0 aliphatic carbocycles. The molecule has 3 aromatic rings. The number of carbonyl (C=O) groups excluding carboxylic acids is 1. The molecular weight excluding hydrogens is 328 g/mol. The first-order chi connectivity index (χ1) is 11.1. The molecule has 3 rings (SSSR count). The number of Topliss-reactive ketones (excluding diaryl/α,β-unsaturated/α-hetero) is 1. The summed E-state index contributed by atoms with van der Waals surface area (Å²) in [7, 11) is 0. The number of tetrazole rings is 1. The molecule has 0 radical (unpaired) electrons. The van der Waals surface area contributed by atoms with Crippen molar-refractivity contribution in [3.8, 4) is 5.69 Å². The normalized spacial score (nSPS) is 10.9. The van der Waals surface area contributed by atoms with Crippen LogP contribution < -0.4 is 0 Å². The van der Waals surface area contributed by atoms with Crippen LogP contribution in [-0.2, 0) is 0 Å². The Hall–Kier alpha value is -1.99. The smallest absolute Gasteiger partial charge is 0.214 e. The summed E-state index contributed by atoms with van der Waals surface area (Å²) in [4.78, 5) is 14.6. The molecule has 7 heteroatoms. The van der Waals surface area contributed by atoms with Gasteiger partial charge in [-0.3, -0.25) is 4.79 Å². The molecule has 0 unspecified atom stereocenters. The molecule has 23 heavy (non-hydrogen) atoms. The van der Waals surface area contributed by atoms with Gasteiger partial charge >= 0.3 is 0 Å². The second-order valence-corrected chi connectivity index (χ2v) is 7.60. The van der Waals surface area contributed by atoms with E-state index in [4.69, 9.17) is 0 Å². The predicted octanol–water partition coefficient (Wildman–Crippen LogP) is 3.62. The summed E-state index contributed by atoms with van der Waals surface area (Å²) >= 11 is 3.01. The molecular formula is C16H16N4OS2. The second-order valence-electron chi connectivity index (χ2n) is 5.20. The van der Waals surface area contributed by atoms with Crippen LogP contribution in [0.4, 0.5) is 0 Å². The summed E-state index contributed by atoms with van der Waals surface area (Å²) in [5.74, 6) is 0.430. The van der Waals surface area contributed by atoms with Crippen molar-refractivity contribution in [1.29, 1.82) is 0 Å². The van der Waals surface area contributed by atoms with Crippen LogP contribution >= 0.6 is 23.1 Å². The zero-order chi connectivity index (χ0) is 16.4. The van der Waals surface area contributed by atoms with Crippen molar-refractivity contribution in [2.75, 3.05) is 5.75 Å². The van der Waals surface area contributed by atoms with Gasteiger partial charge in [0.2, 0.25) is 5.16 Å². The molecule has 0 aliphatic heterocycles. The molecule has 2 aromatic heterocycles. The highest BCUT2D eigenvalue weighted by atomic mass is 32.2. The summed E-state index contributed by atoms with van der Waals surface area (Å²) in [5, 5.41) is 12.5. The first-order valence-corrected chi connectivity index (χ1v) is 8.94. The number of nitrogens with zero attached hydrogens (tertiary/aromatic N) is 4. The molecule has 0 saturated heterocycles. The monoisotopic (exact) mass is 344 g/mol. The van der Waals surface area contributed by atoms with Crippen molar-refractivity contribution >= 4 is 28.9 Å². The van der Waals surface area contributed by atoms with Crippen LogP contribution in [0.2, 0.25) is 0 Å². The number of rotatable bonds is 5. The number of hydrogen-bond donors (Lipinski definition) is 0. The van der Waals surface area contributed by atoms with Gasteiger partial charge in [-0.15, -0.1) is 16.4 Å². The zero-order valence-corrected chi connectivity index (χ0v) is 14.7. The van der Waals surface area contributed by atoms with Gasteiger partial charge in [0.05, 0.1) is 11.4 Å². The van der Waals surface area contributed by atoms with E-state index in [-0.39, 0.29) is 5.78 Å². The van der Waals surface area contributed by atoms with Crippen LogP contribution in [0.1, 0.15) is 25.7 Å². The fourth-order valence-electron chi connectivity index (χ4n) is 2.34. The van der Waals surface area contributed by atoms with E-state index >= 15 is 0 Å². The number of thiophene rings is 1. The summed E-state index contributed by atoms with van der Waals surface area (Å²) in [6.07, 6.45) is 0. The Morgan fingerprint density at radius 1 is 1.26 bits per heavy atom. The Balaban J connectivity index is 1.78. The number of aryl methyl sites for hydroxylation is 3. The zero-order valence-electron chi connectivity index (χ0n) is 13.1. The minimum atomic E-state index is 0.108. The van der Waals surface area contributed by atoms with Gasteiger partial charge in [-0.05, 0) is 48.9 Å². The average Bonchev–Trinajstić information content (AvgIpc) is 3.11. The summed E-state index contributed by atoms with van der Waals surface area (Å²) in [6.45, 7) is 6.00. The maximum atomic E-state index is 12.4. The number of ketones is 1. The Morgan fingerprint density at radius 2 is 2.04 bits per heavy atom. The van der Waals surface area contributed by atoms with Crippen LogP contribution in [0.5, 0.6) is 0 Å². The van der Waals surface area contributed by atoms with Crippen molar-refractivity contribution < 1.29 is 4.79 Å². The van der Waals surface area contributed by atoms with E-state index in [1.54, 1.807) is 16.0 Å². The maximum Gasteiger partial charge on any atom is 0.214 e. The lowest BCUT2D eigenvalue weighted by Crippen LogP contribution is -2.05. The number of carbonyl (C=O) groups is 1. The second kappa shape index (κ2) is 6.64. The van der Waals surface area contributed by atoms with E-state index in [2.05, 4.69) is 15.5 Å². The number of thioether (sulfide) groups is 1. The number of para-hydroxylation sites is 1. The van der Waals surface area contributed by atoms with Gasteiger partial charge in [0.15, 0.2) is 5.78 Å². The molecule has 118 valence electrons. The molecule has 0 fully saturated rings. The van der Waals surface area contributed by atoms with Gasteiger partial charge < -0.3 is 0 Å². The molecule has 1 aromatic carbocycles. The van der Waals surface area contributed by atoms with E-state index in [1.165, 1.54) is 11.8 Å². The third-order valence-electron chi connectivity index (χ3n) is 3.46. The number of aromatic nitrogens is 4. The highest BCUT2D eigenvalue weighted by Crippen LogP contribution is 2.25. The van der Waals surface area contributed by atoms with Gasteiger partial charge in [0.25, 0.3) is 0 Å². The third-order valence-corrected chi connectivity index (χ3v) is 5.34. The van der Waals surface area contributed by atoms with Crippen molar-refractivity contribution in [3.05, 3.63) is 51.2 Å². The van der Waals surface area contributed by atoms with Crippen LogP contribution in [0.25, 0.3) is 5.69 Å². The minimum Gasteiger partial charge on any atom is -0.293 e. The van der Waals surface area contributed by atoms with Gasteiger partial charge in [-0.25, -0.2) is 0 Å². The maximum absolute atomic E-state index is 12.4. The van der Waals surface area contributed by atoms with Crippen molar-refractivity contribution in [2.24, 2.45) is 0 Å². The fraction of sp³-hybridized carbons (Fsp3) is 0.250. The summed E-state index contributed by atoms with van der Waals surface area (Å²) < 4.78 is 1.68. The summed E-state index contributed by atoms with van der Waals surface area (Å²) in [5.41, 5.74) is 2.81. The van der Waals surface area contributed by atoms with Crippen molar-refractivity contribution in [2.45, 2.75) is 25.9 Å². The Morgan fingerprint density at radius 3 is 2.74 bits per heavy atom. The molecule has 0 spiro atoms. The SMILES string of the molecule is Cc1cc(C(=O)CSc2nnnn2-c2ccccc2C)c(C)s1. The van der Waals surface area contributed by atoms with Gasteiger partial charge in [-0.1, -0.05) is 30.0 Å². The Labute approximate surface area is 142 Å². The van der Waals surface area contributed by atoms with Crippen LogP contribution in [0.15, 0.2) is 35.5 Å². The van der Waals surface area contributed by atoms with Crippen LogP contribution in [-0.4, -0.2) is 31.7 Å². The van der Waals surface area contributed by atoms with Crippen LogP contribution in [0.3, 0.4) is 0 Å². The van der Waals surface area contributed by atoms with Gasteiger partial charge in [-0.2, -0.15) is 4.68 Å². The standard InChI is InChI=1S/C16H16N4OS2/c1-10-6-4-5-7-14(10)20-16(17-18-19-20)22-9-15(21)13-8-11(2)23-12(13)3/h4-8H,9H2,1-3H3. The van der Waals surface area contributed by atoms with E-state index < -0.39 is 0 Å². The molecule has 0 amide bonds. The van der Waals surface area contributed by atoms with E-state index in [0.29, 0.717) is 10.9 Å².